The molecular weight excluding hydrogens is 304 g/mol. The number of carbonyl (C=O) groups is 1. The molecule has 128 valence electrons. The van der Waals surface area contributed by atoms with Gasteiger partial charge in [0.1, 0.15) is 5.75 Å². The zero-order chi connectivity index (χ0) is 17.1. The average molecular weight is 328 g/mol. The predicted molar refractivity (Wildman–Crippen MR) is 93.0 cm³/mol. The van der Waals surface area contributed by atoms with E-state index in [-0.39, 0.29) is 5.91 Å². The summed E-state index contributed by atoms with van der Waals surface area (Å²) in [6.07, 6.45) is 3.10. The lowest BCUT2D eigenvalue weighted by molar-refractivity contribution is -0.128. The van der Waals surface area contributed by atoms with Crippen LogP contribution < -0.4 is 15.0 Å². The van der Waals surface area contributed by atoms with Crippen LogP contribution in [0.25, 0.3) is 0 Å². The van der Waals surface area contributed by atoms with E-state index < -0.39 is 6.10 Å². The second kappa shape index (κ2) is 6.95. The number of hydrogen-bond acceptors (Lipinski definition) is 4. The van der Waals surface area contributed by atoms with Crippen molar-refractivity contribution in [2.45, 2.75) is 33.0 Å². The van der Waals surface area contributed by atoms with Crippen LogP contribution in [-0.4, -0.2) is 35.2 Å². The van der Waals surface area contributed by atoms with Gasteiger partial charge in [0.15, 0.2) is 6.10 Å². The van der Waals surface area contributed by atoms with Gasteiger partial charge < -0.3 is 19.5 Å². The van der Waals surface area contributed by atoms with Crippen LogP contribution in [0.1, 0.15) is 19.5 Å². The number of aromatic nitrogens is 2. The summed E-state index contributed by atoms with van der Waals surface area (Å²) in [5.41, 5.74) is 2.01. The van der Waals surface area contributed by atoms with Crippen LogP contribution in [0.15, 0.2) is 36.8 Å². The van der Waals surface area contributed by atoms with Gasteiger partial charge in [-0.05, 0) is 18.1 Å². The van der Waals surface area contributed by atoms with E-state index in [0.29, 0.717) is 19.0 Å². The minimum atomic E-state index is -0.508. The Morgan fingerprint density at radius 3 is 3.00 bits per heavy atom. The monoisotopic (exact) mass is 328 g/mol. The summed E-state index contributed by atoms with van der Waals surface area (Å²) in [5, 5.41) is 2.97. The van der Waals surface area contributed by atoms with Crippen molar-refractivity contribution in [3.05, 3.63) is 42.5 Å². The summed E-state index contributed by atoms with van der Waals surface area (Å²) in [6, 6.07) is 7.77. The van der Waals surface area contributed by atoms with Crippen molar-refractivity contribution in [3.8, 4) is 5.75 Å². The molecule has 1 aromatic carbocycles. The molecule has 1 aliphatic rings. The van der Waals surface area contributed by atoms with Crippen molar-refractivity contribution in [2.75, 3.05) is 18.5 Å². The zero-order valence-corrected chi connectivity index (χ0v) is 14.4. The number of anilines is 1. The Kier molecular flexibility index (Phi) is 4.74. The van der Waals surface area contributed by atoms with Crippen molar-refractivity contribution in [3.63, 3.8) is 0 Å². The van der Waals surface area contributed by atoms with Gasteiger partial charge in [-0.15, -0.1) is 0 Å². The summed E-state index contributed by atoms with van der Waals surface area (Å²) in [7, 11) is 1.97. The fraction of sp³-hybridized carbons (Fsp3) is 0.444. The first kappa shape index (κ1) is 16.4. The number of likely N-dealkylation sites (N-methyl/N-ethyl adjacent to an activating group) is 1. The van der Waals surface area contributed by atoms with Crippen molar-refractivity contribution >= 4 is 11.6 Å². The van der Waals surface area contributed by atoms with Gasteiger partial charge in [0.2, 0.25) is 0 Å². The number of rotatable bonds is 5. The number of amides is 1. The number of nitrogens with one attached hydrogen (secondary N) is 1. The molecule has 3 rings (SSSR count). The van der Waals surface area contributed by atoms with Gasteiger partial charge >= 0.3 is 0 Å². The van der Waals surface area contributed by atoms with E-state index in [1.54, 1.807) is 6.20 Å². The topological polar surface area (TPSA) is 59.4 Å². The predicted octanol–water partition coefficient (Wildman–Crippen LogP) is 2.05. The second-order valence-corrected chi connectivity index (χ2v) is 6.60. The first-order valence-electron chi connectivity index (χ1n) is 8.28. The van der Waals surface area contributed by atoms with Crippen LogP contribution in [0.4, 0.5) is 5.69 Å². The van der Waals surface area contributed by atoms with Crippen LogP contribution in [0, 0.1) is 5.92 Å². The van der Waals surface area contributed by atoms with Gasteiger partial charge in [0, 0.05) is 19.8 Å². The average Bonchev–Trinajstić information content (AvgIpc) is 2.99. The van der Waals surface area contributed by atoms with Crippen LogP contribution >= 0.6 is 0 Å². The van der Waals surface area contributed by atoms with Gasteiger partial charge in [-0.25, -0.2) is 4.98 Å². The molecule has 24 heavy (non-hydrogen) atoms. The van der Waals surface area contributed by atoms with Gasteiger partial charge in [-0.2, -0.15) is 0 Å². The number of fused-ring (bicyclic) bond motifs is 1. The number of imidazole rings is 1. The number of hydrogen-bond donors (Lipinski definition) is 1. The summed E-state index contributed by atoms with van der Waals surface area (Å²) in [5.74, 6) is 1.17. The highest BCUT2D eigenvalue weighted by Crippen LogP contribution is 2.31. The van der Waals surface area contributed by atoms with E-state index in [0.717, 1.165) is 23.7 Å². The molecule has 1 aromatic heterocycles. The van der Waals surface area contributed by atoms with Crippen LogP contribution in [-0.2, 0) is 17.9 Å². The van der Waals surface area contributed by atoms with Gasteiger partial charge in [0.05, 0.1) is 30.8 Å². The van der Waals surface area contributed by atoms with Gasteiger partial charge in [-0.1, -0.05) is 26.0 Å². The number of carbonyl (C=O) groups excluding carboxylic acids is 1. The SMILES string of the molecule is CC(C)Cn1cncc1CNC(=O)[C@H]1CN(C)c2ccccc2O1. The molecule has 0 radical (unpaired) electrons. The van der Waals surface area contributed by atoms with Gasteiger partial charge in [0.25, 0.3) is 5.91 Å². The summed E-state index contributed by atoms with van der Waals surface area (Å²) in [6.45, 7) is 6.20. The second-order valence-electron chi connectivity index (χ2n) is 6.60. The largest absolute Gasteiger partial charge is 0.477 e. The molecule has 1 aliphatic heterocycles. The smallest absolute Gasteiger partial charge is 0.263 e. The summed E-state index contributed by atoms with van der Waals surface area (Å²) in [4.78, 5) is 18.7. The van der Waals surface area contributed by atoms with Crippen molar-refractivity contribution in [1.82, 2.24) is 14.9 Å². The Morgan fingerprint density at radius 1 is 1.42 bits per heavy atom. The molecule has 0 spiro atoms. The molecule has 0 fully saturated rings. The van der Waals surface area contributed by atoms with Crippen molar-refractivity contribution < 1.29 is 9.53 Å². The molecule has 1 amide bonds. The molecule has 0 saturated heterocycles. The highest BCUT2D eigenvalue weighted by atomic mass is 16.5. The number of para-hydroxylation sites is 2. The van der Waals surface area contributed by atoms with E-state index in [1.165, 1.54) is 0 Å². The molecule has 0 saturated carbocycles. The highest BCUT2D eigenvalue weighted by Gasteiger charge is 2.28. The first-order chi connectivity index (χ1) is 11.5. The maximum absolute atomic E-state index is 12.5. The fourth-order valence-corrected chi connectivity index (χ4v) is 2.89. The van der Waals surface area contributed by atoms with E-state index in [2.05, 4.69) is 28.7 Å². The number of ether oxygens (including phenoxy) is 1. The molecule has 2 heterocycles. The van der Waals surface area contributed by atoms with E-state index in [9.17, 15) is 4.79 Å². The number of nitrogens with zero attached hydrogens (tertiary/aromatic N) is 3. The van der Waals surface area contributed by atoms with Crippen LogP contribution in [0.2, 0.25) is 0 Å². The van der Waals surface area contributed by atoms with Crippen molar-refractivity contribution in [2.24, 2.45) is 5.92 Å². The maximum Gasteiger partial charge on any atom is 0.263 e. The van der Waals surface area contributed by atoms with E-state index >= 15 is 0 Å². The fourth-order valence-electron chi connectivity index (χ4n) is 2.89. The maximum atomic E-state index is 12.5. The Hall–Kier alpha value is -2.50. The molecule has 0 unspecified atom stereocenters. The lowest BCUT2D eigenvalue weighted by Crippen LogP contribution is -2.47. The molecule has 6 heteroatoms. The highest BCUT2D eigenvalue weighted by molar-refractivity contribution is 5.83. The standard InChI is InChI=1S/C18H24N4O2/c1-13(2)10-22-12-19-8-14(22)9-20-18(23)17-11-21(3)15-6-4-5-7-16(15)24-17/h4-8,12-13,17H,9-11H2,1-3H3,(H,20,23)/t17-/m1/s1. The van der Waals surface area contributed by atoms with E-state index in [1.807, 2.05) is 42.5 Å². The molecule has 2 aromatic rings. The van der Waals surface area contributed by atoms with Crippen LogP contribution in [0.3, 0.4) is 0 Å². The third-order valence-corrected chi connectivity index (χ3v) is 4.08. The van der Waals surface area contributed by atoms with E-state index in [4.69, 9.17) is 4.74 Å². The molecule has 1 atom stereocenters. The molecule has 1 N–H and O–H groups in total. The molecule has 0 aliphatic carbocycles. The number of benzene rings is 1. The minimum Gasteiger partial charge on any atom is -0.477 e. The Labute approximate surface area is 142 Å². The Bertz CT molecular complexity index is 711. The quantitative estimate of drug-likeness (QED) is 0.913. The molecule has 0 bridgehead atoms. The first-order valence-corrected chi connectivity index (χ1v) is 8.28. The Balaban J connectivity index is 1.61. The van der Waals surface area contributed by atoms with Crippen LogP contribution in [0.5, 0.6) is 5.75 Å². The normalized spacial score (nSPS) is 16.7. The third-order valence-electron chi connectivity index (χ3n) is 4.08. The molecular formula is C18H24N4O2. The summed E-state index contributed by atoms with van der Waals surface area (Å²) >= 11 is 0. The molecule has 6 nitrogen and oxygen atoms in total. The lowest BCUT2D eigenvalue weighted by atomic mass is 10.2. The summed E-state index contributed by atoms with van der Waals surface area (Å²) < 4.78 is 7.93. The van der Waals surface area contributed by atoms with Crippen molar-refractivity contribution in [1.29, 1.82) is 0 Å². The zero-order valence-electron chi connectivity index (χ0n) is 14.4. The van der Waals surface area contributed by atoms with Gasteiger partial charge in [-0.3, -0.25) is 4.79 Å². The minimum absolute atomic E-state index is 0.103. The Morgan fingerprint density at radius 2 is 2.21 bits per heavy atom. The lowest BCUT2D eigenvalue weighted by Gasteiger charge is -2.32. The third kappa shape index (κ3) is 3.53.